The van der Waals surface area contributed by atoms with Gasteiger partial charge >= 0.3 is 35.8 Å². The van der Waals surface area contributed by atoms with Crippen LogP contribution in [0.1, 0.15) is 118 Å². The van der Waals surface area contributed by atoms with Gasteiger partial charge < -0.3 is 48.5 Å². The Morgan fingerprint density at radius 3 is 0.991 bits per heavy atom. The number of azo groups is 2. The molecule has 0 spiro atoms. The Morgan fingerprint density at radius 1 is 0.304 bits per heavy atom. The number of anilines is 2. The van der Waals surface area contributed by atoms with E-state index in [0.29, 0.717) is 118 Å². The van der Waals surface area contributed by atoms with Crippen LogP contribution in [0.4, 0.5) is 34.1 Å². The zero-order valence-corrected chi connectivity index (χ0v) is 62.1. The monoisotopic (exact) mass is 1490 g/mol. The molecule has 0 aromatic heterocycles. The summed E-state index contributed by atoms with van der Waals surface area (Å²) in [4.78, 5) is 76.4. The van der Waals surface area contributed by atoms with Crippen LogP contribution in [0, 0.1) is 0 Å². The van der Waals surface area contributed by atoms with Crippen LogP contribution >= 0.6 is 0 Å². The molecule has 20 nitrogen and oxygen atoms in total. The van der Waals surface area contributed by atoms with Gasteiger partial charge in [-0.05, 0) is 234 Å². The molecule has 0 heterocycles. The number of esters is 6. The maximum Gasteiger partial charge on any atom is 0.343 e. The molecule has 0 radical (unpaired) electrons. The molecule has 0 amide bonds. The van der Waals surface area contributed by atoms with E-state index in [4.69, 9.17) is 37.9 Å². The van der Waals surface area contributed by atoms with E-state index in [9.17, 15) is 28.8 Å². The van der Waals surface area contributed by atoms with E-state index in [2.05, 4.69) is 44.2 Å². The Kier molecular flexibility index (Phi) is 26.9. The van der Waals surface area contributed by atoms with Crippen LogP contribution in [-0.2, 0) is 32.2 Å². The lowest BCUT2D eigenvalue weighted by Crippen LogP contribution is -2.09. The Labute approximate surface area is 648 Å². The smallest absolute Gasteiger partial charge is 0.343 e. The molecule has 0 fully saturated rings. The highest BCUT2D eigenvalue weighted by molar-refractivity contribution is 6.03. The van der Waals surface area contributed by atoms with Gasteiger partial charge in [0.15, 0.2) is 0 Å². The fourth-order valence-electron chi connectivity index (χ4n) is 11.9. The first-order valence-corrected chi connectivity index (χ1v) is 36.9. The normalized spacial score (nSPS) is 11.1. The fourth-order valence-corrected chi connectivity index (χ4v) is 11.9. The van der Waals surface area contributed by atoms with Crippen LogP contribution in [0.5, 0.6) is 34.5 Å². The van der Waals surface area contributed by atoms with Crippen LogP contribution < -0.4 is 39.1 Å². The molecule has 0 saturated heterocycles. The second kappa shape index (κ2) is 38.8. The van der Waals surface area contributed by atoms with Gasteiger partial charge in [0.25, 0.3) is 0 Å². The molecule has 12 aromatic rings. The number of fused-ring (bicyclic) bond motifs is 3. The summed E-state index contributed by atoms with van der Waals surface area (Å²) in [6.07, 6.45) is 6.97. The molecule has 12 aromatic carbocycles. The maximum atomic E-state index is 13.7. The number of hydrogen-bond donors (Lipinski definition) is 2. The zero-order valence-electron chi connectivity index (χ0n) is 62.1. The van der Waals surface area contributed by atoms with Crippen molar-refractivity contribution in [3.8, 4) is 34.5 Å². The summed E-state index contributed by atoms with van der Waals surface area (Å²) < 4.78 is 45.2. The van der Waals surface area contributed by atoms with Crippen molar-refractivity contribution in [3.05, 3.63) is 312 Å². The standard InChI is InChI=1S/C92H82N6O14/c1-61(2)87(99)107-57-15-7-5-13-55-105-71-47-35-67(36-48-71)89(101)109-73-43-27-63(28-44-73)59-93-81-51-53-83(77-21-11-9-19-75(77)81)97-95-69-39-31-65(32-40-69)91(103)111-85-25-17-24-80-79(85)23-18-26-86(80)112-92(104)66-33-41-70(42-34-66)96-98-84-54-52-82(76-20-10-12-22-78(76)84)94-60-64-29-45-74(46-30-64)110-90(102)68-37-49-72(50-38-68)106-56-14-6-8-16-58-108-88(100)62(3)4/h9-12,17-54,93-94H,1,3,5-8,13-16,55-60H2,2,4H3/b97-95+,98-96?. The van der Waals surface area contributed by atoms with E-state index in [-0.39, 0.29) is 34.6 Å². The summed E-state index contributed by atoms with van der Waals surface area (Å²) in [5.74, 6) is -0.184. The van der Waals surface area contributed by atoms with Crippen molar-refractivity contribution in [2.75, 3.05) is 37.1 Å². The van der Waals surface area contributed by atoms with E-state index in [1.54, 1.807) is 172 Å². The molecular weight excluding hydrogens is 1410 g/mol. The molecule has 20 heteroatoms. The average molecular weight is 1500 g/mol. The van der Waals surface area contributed by atoms with E-state index in [1.165, 1.54) is 0 Å². The van der Waals surface area contributed by atoms with Gasteiger partial charge in [-0.3, -0.25) is 0 Å². The van der Waals surface area contributed by atoms with E-state index < -0.39 is 23.9 Å². The van der Waals surface area contributed by atoms with E-state index in [0.717, 1.165) is 95.4 Å². The largest absolute Gasteiger partial charge is 0.494 e. The highest BCUT2D eigenvalue weighted by Crippen LogP contribution is 2.38. The quantitative estimate of drug-likeness (QED) is 0.0122. The molecule has 0 aliphatic carbocycles. The van der Waals surface area contributed by atoms with E-state index in [1.807, 2.05) is 97.1 Å². The lowest BCUT2D eigenvalue weighted by Gasteiger charge is -2.12. The minimum Gasteiger partial charge on any atom is -0.494 e. The molecule has 0 aliphatic rings. The van der Waals surface area contributed by atoms with Gasteiger partial charge in [0.05, 0.1) is 71.4 Å². The number of rotatable bonds is 36. The number of nitrogens with one attached hydrogen (secondary N) is 2. The first-order valence-electron chi connectivity index (χ1n) is 36.9. The lowest BCUT2D eigenvalue weighted by atomic mass is 10.1. The molecular formula is C92H82N6O14. The minimum atomic E-state index is -0.599. The van der Waals surface area contributed by atoms with Gasteiger partial charge in [-0.15, -0.1) is 10.2 Å². The average Bonchev–Trinajstić information content (AvgIpc) is 0.795. The van der Waals surface area contributed by atoms with Crippen LogP contribution in [0.15, 0.2) is 300 Å². The summed E-state index contributed by atoms with van der Waals surface area (Å²) in [7, 11) is 0. The maximum absolute atomic E-state index is 13.7. The number of unbranched alkanes of at least 4 members (excludes halogenated alkanes) is 6. The summed E-state index contributed by atoms with van der Waals surface area (Å²) in [6.45, 7) is 13.2. The van der Waals surface area contributed by atoms with Crippen molar-refractivity contribution < 1.29 is 66.7 Å². The van der Waals surface area contributed by atoms with Crippen LogP contribution in [0.2, 0.25) is 0 Å². The first kappa shape index (κ1) is 77.7. The Hall–Kier alpha value is -13.9. The minimum absolute atomic E-state index is 0.276. The van der Waals surface area contributed by atoms with Gasteiger partial charge in [-0.25, -0.2) is 28.8 Å². The second-order valence-electron chi connectivity index (χ2n) is 26.4. The lowest BCUT2D eigenvalue weighted by molar-refractivity contribution is -0.139. The Morgan fingerprint density at radius 2 is 0.625 bits per heavy atom. The molecule has 564 valence electrons. The fraction of sp³-hybridized carbons (Fsp3) is 0.174. The molecule has 12 rings (SSSR count). The third-order valence-corrected chi connectivity index (χ3v) is 18.0. The molecule has 0 saturated carbocycles. The third kappa shape index (κ3) is 21.7. The zero-order chi connectivity index (χ0) is 78.0. The van der Waals surface area contributed by atoms with E-state index >= 15 is 0 Å². The summed E-state index contributed by atoms with van der Waals surface area (Å²) in [6, 6.07) is 75.4. The number of carbonyl (C=O) groups excluding carboxylic acids is 6. The summed E-state index contributed by atoms with van der Waals surface area (Å²) >= 11 is 0. The van der Waals surface area contributed by atoms with Gasteiger partial charge in [0.2, 0.25) is 0 Å². The van der Waals surface area contributed by atoms with Crippen molar-refractivity contribution in [2.24, 2.45) is 20.5 Å². The molecule has 112 heavy (non-hydrogen) atoms. The molecule has 0 bridgehead atoms. The van der Waals surface area contributed by atoms with Crippen molar-refractivity contribution in [1.82, 2.24) is 0 Å². The molecule has 0 aliphatic heterocycles. The number of ether oxygens (including phenoxy) is 8. The first-order chi connectivity index (χ1) is 54.6. The van der Waals surface area contributed by atoms with Crippen molar-refractivity contribution in [2.45, 2.75) is 78.3 Å². The number of carbonyl (C=O) groups is 6. The second-order valence-corrected chi connectivity index (χ2v) is 26.4. The van der Waals surface area contributed by atoms with Crippen LogP contribution in [-0.4, -0.2) is 62.2 Å². The predicted octanol–water partition coefficient (Wildman–Crippen LogP) is 22.2. The van der Waals surface area contributed by atoms with Gasteiger partial charge in [-0.1, -0.05) is 110 Å². The predicted molar refractivity (Wildman–Crippen MR) is 433 cm³/mol. The molecule has 0 unspecified atom stereocenters. The Bertz CT molecular complexity index is 5080. The van der Waals surface area contributed by atoms with Crippen molar-refractivity contribution >= 4 is 102 Å². The van der Waals surface area contributed by atoms with Gasteiger partial charge in [0, 0.05) is 67.9 Å². The number of nitrogens with zero attached hydrogens (tertiary/aromatic N) is 4. The van der Waals surface area contributed by atoms with Crippen molar-refractivity contribution in [3.63, 3.8) is 0 Å². The molecule has 2 N–H and O–H groups in total. The number of benzene rings is 12. The van der Waals surface area contributed by atoms with Crippen LogP contribution in [0.3, 0.4) is 0 Å². The number of hydrogen-bond acceptors (Lipinski definition) is 20. The summed E-state index contributed by atoms with van der Waals surface area (Å²) in [5.41, 5.74) is 8.22. The van der Waals surface area contributed by atoms with Gasteiger partial charge in [-0.2, -0.15) is 10.2 Å². The molecule has 0 atom stereocenters. The summed E-state index contributed by atoms with van der Waals surface area (Å²) in [5, 5.41) is 30.1. The van der Waals surface area contributed by atoms with Crippen molar-refractivity contribution in [1.29, 1.82) is 0 Å². The topological polar surface area (TPSA) is 250 Å². The van der Waals surface area contributed by atoms with Crippen LogP contribution in [0.25, 0.3) is 32.3 Å². The highest BCUT2D eigenvalue weighted by Gasteiger charge is 2.19. The Balaban J connectivity index is 0.576. The third-order valence-electron chi connectivity index (χ3n) is 18.0. The SMILES string of the molecule is C=C(C)C(=O)OCCCCCCOc1ccc(C(=O)Oc2ccc(CNc3ccc(N=Nc4ccc(C(=O)Oc5cccc6c(OC(=O)c7ccc(/N=N/c8ccc(NCc9ccc(OC(=O)c%10ccc(OCCCCCCOC(=O)C(=C)C)cc%10)cc9)c9ccccc89)cc7)cccc56)cc4)c4ccccc34)cc2)cc1. The van der Waals surface area contributed by atoms with Gasteiger partial charge in [0.1, 0.15) is 34.5 Å². The highest BCUT2D eigenvalue weighted by atomic mass is 16.6.